The van der Waals surface area contributed by atoms with Crippen molar-refractivity contribution in [3.63, 3.8) is 0 Å². The van der Waals surface area contributed by atoms with E-state index in [0.717, 1.165) is 12.1 Å². The van der Waals surface area contributed by atoms with E-state index in [1.807, 2.05) is 0 Å². The molecule has 1 saturated heterocycles. The third kappa shape index (κ3) is 3.27. The Labute approximate surface area is 108 Å². The standard InChI is InChI=1S/C12H13FN2O4/c13-9-2-1-7(5-8(9)12(17)18)15-11(16)10-6-14-3-4-19-10/h1-2,5,10,14H,3-4,6H2,(H,15,16)(H,17,18). The van der Waals surface area contributed by atoms with Gasteiger partial charge in [0.1, 0.15) is 11.9 Å². The minimum Gasteiger partial charge on any atom is -0.478 e. The highest BCUT2D eigenvalue weighted by Crippen LogP contribution is 2.15. The van der Waals surface area contributed by atoms with Crippen molar-refractivity contribution in [3.8, 4) is 0 Å². The second-order valence-corrected chi connectivity index (χ2v) is 4.05. The van der Waals surface area contributed by atoms with Crippen LogP contribution in [0.4, 0.5) is 10.1 Å². The molecule has 1 atom stereocenters. The Morgan fingerprint density at radius 1 is 1.47 bits per heavy atom. The summed E-state index contributed by atoms with van der Waals surface area (Å²) < 4.78 is 18.4. The Balaban J connectivity index is 2.08. The van der Waals surface area contributed by atoms with Crippen molar-refractivity contribution in [3.05, 3.63) is 29.6 Å². The summed E-state index contributed by atoms with van der Waals surface area (Å²) in [5.74, 6) is -2.62. The van der Waals surface area contributed by atoms with E-state index < -0.39 is 29.4 Å². The number of benzene rings is 1. The molecular weight excluding hydrogens is 255 g/mol. The summed E-state index contributed by atoms with van der Waals surface area (Å²) in [6, 6.07) is 3.38. The second-order valence-electron chi connectivity index (χ2n) is 4.05. The topological polar surface area (TPSA) is 87.7 Å². The summed E-state index contributed by atoms with van der Waals surface area (Å²) in [4.78, 5) is 22.6. The molecule has 1 unspecified atom stereocenters. The number of carboxylic acids is 1. The number of carbonyl (C=O) groups excluding carboxylic acids is 1. The lowest BCUT2D eigenvalue weighted by molar-refractivity contribution is -0.128. The van der Waals surface area contributed by atoms with Gasteiger partial charge < -0.3 is 20.5 Å². The third-order valence-electron chi connectivity index (χ3n) is 2.68. The zero-order chi connectivity index (χ0) is 13.8. The number of ether oxygens (including phenoxy) is 1. The SMILES string of the molecule is O=C(O)c1cc(NC(=O)C2CNCCO2)ccc1F. The average Bonchev–Trinajstić information content (AvgIpc) is 2.41. The maximum absolute atomic E-state index is 13.2. The maximum atomic E-state index is 13.2. The number of morpholine rings is 1. The van der Waals surface area contributed by atoms with Crippen LogP contribution in [0, 0.1) is 5.82 Å². The molecule has 6 nitrogen and oxygen atoms in total. The van der Waals surface area contributed by atoms with E-state index in [1.54, 1.807) is 0 Å². The Kier molecular flexibility index (Phi) is 4.08. The van der Waals surface area contributed by atoms with E-state index in [9.17, 15) is 14.0 Å². The lowest BCUT2D eigenvalue weighted by atomic mass is 10.2. The van der Waals surface area contributed by atoms with Gasteiger partial charge in [0.25, 0.3) is 5.91 Å². The van der Waals surface area contributed by atoms with Gasteiger partial charge in [-0.25, -0.2) is 9.18 Å². The summed E-state index contributed by atoms with van der Waals surface area (Å²) in [6.45, 7) is 1.50. The lowest BCUT2D eigenvalue weighted by Crippen LogP contribution is -2.45. The fourth-order valence-electron chi connectivity index (χ4n) is 1.72. The molecule has 1 aliphatic heterocycles. The predicted molar refractivity (Wildman–Crippen MR) is 64.6 cm³/mol. The van der Waals surface area contributed by atoms with E-state index in [1.165, 1.54) is 6.07 Å². The summed E-state index contributed by atoms with van der Waals surface area (Å²) in [7, 11) is 0. The van der Waals surface area contributed by atoms with Crippen molar-refractivity contribution in [2.24, 2.45) is 0 Å². The van der Waals surface area contributed by atoms with Crippen molar-refractivity contribution in [1.29, 1.82) is 0 Å². The molecule has 0 spiro atoms. The monoisotopic (exact) mass is 268 g/mol. The van der Waals surface area contributed by atoms with Gasteiger partial charge in [0.15, 0.2) is 0 Å². The molecule has 19 heavy (non-hydrogen) atoms. The number of hydrogen-bond donors (Lipinski definition) is 3. The van der Waals surface area contributed by atoms with Gasteiger partial charge >= 0.3 is 5.97 Å². The van der Waals surface area contributed by atoms with Crippen molar-refractivity contribution in [2.45, 2.75) is 6.10 Å². The minimum absolute atomic E-state index is 0.220. The fraction of sp³-hybridized carbons (Fsp3) is 0.333. The van der Waals surface area contributed by atoms with E-state index in [2.05, 4.69) is 10.6 Å². The van der Waals surface area contributed by atoms with Crippen LogP contribution >= 0.6 is 0 Å². The molecule has 0 radical (unpaired) electrons. The number of nitrogens with one attached hydrogen (secondary N) is 2. The van der Waals surface area contributed by atoms with Gasteiger partial charge in [-0.2, -0.15) is 0 Å². The normalized spacial score (nSPS) is 18.9. The Morgan fingerprint density at radius 3 is 2.89 bits per heavy atom. The molecular formula is C12H13FN2O4. The first-order valence-electron chi connectivity index (χ1n) is 5.74. The van der Waals surface area contributed by atoms with E-state index in [0.29, 0.717) is 19.7 Å². The minimum atomic E-state index is -1.39. The van der Waals surface area contributed by atoms with Gasteiger partial charge in [-0.05, 0) is 18.2 Å². The Hall–Kier alpha value is -1.99. The maximum Gasteiger partial charge on any atom is 0.338 e. The fourth-order valence-corrected chi connectivity index (χ4v) is 1.72. The zero-order valence-electron chi connectivity index (χ0n) is 9.98. The molecule has 1 fully saturated rings. The largest absolute Gasteiger partial charge is 0.478 e. The Bertz CT molecular complexity index is 501. The van der Waals surface area contributed by atoms with Crippen LogP contribution in [-0.4, -0.2) is 42.8 Å². The number of amides is 1. The van der Waals surface area contributed by atoms with E-state index in [-0.39, 0.29) is 5.69 Å². The molecule has 1 aromatic rings. The summed E-state index contributed by atoms with van der Waals surface area (Å²) in [5, 5.41) is 14.3. The number of rotatable bonds is 3. The molecule has 0 aromatic heterocycles. The summed E-state index contributed by atoms with van der Waals surface area (Å²) in [5.41, 5.74) is -0.265. The van der Waals surface area contributed by atoms with Crippen LogP contribution in [0.3, 0.4) is 0 Å². The molecule has 3 N–H and O–H groups in total. The number of halogens is 1. The van der Waals surface area contributed by atoms with Crippen molar-refractivity contribution in [2.75, 3.05) is 25.0 Å². The molecule has 7 heteroatoms. The van der Waals surface area contributed by atoms with Crippen molar-refractivity contribution in [1.82, 2.24) is 5.32 Å². The molecule has 0 bridgehead atoms. The number of carboxylic acid groups (broad SMARTS) is 1. The smallest absolute Gasteiger partial charge is 0.338 e. The highest BCUT2D eigenvalue weighted by Gasteiger charge is 2.22. The van der Waals surface area contributed by atoms with Crippen LogP contribution in [-0.2, 0) is 9.53 Å². The number of aromatic carboxylic acids is 1. The Morgan fingerprint density at radius 2 is 2.26 bits per heavy atom. The van der Waals surface area contributed by atoms with Gasteiger partial charge in [0.2, 0.25) is 0 Å². The molecule has 2 rings (SSSR count). The number of carbonyl (C=O) groups is 2. The number of hydrogen-bond acceptors (Lipinski definition) is 4. The molecule has 1 amide bonds. The molecule has 0 aliphatic carbocycles. The molecule has 1 heterocycles. The molecule has 0 saturated carbocycles. The third-order valence-corrected chi connectivity index (χ3v) is 2.68. The van der Waals surface area contributed by atoms with Crippen molar-refractivity contribution < 1.29 is 23.8 Å². The molecule has 1 aromatic carbocycles. The van der Waals surface area contributed by atoms with E-state index >= 15 is 0 Å². The first kappa shape index (κ1) is 13.4. The van der Waals surface area contributed by atoms with Crippen LogP contribution in [0.25, 0.3) is 0 Å². The van der Waals surface area contributed by atoms with Gasteiger partial charge in [-0.15, -0.1) is 0 Å². The van der Waals surface area contributed by atoms with Crippen LogP contribution in [0.15, 0.2) is 18.2 Å². The predicted octanol–water partition coefficient (Wildman–Crippen LogP) is 0.451. The van der Waals surface area contributed by atoms with Gasteiger partial charge in [-0.1, -0.05) is 0 Å². The quantitative estimate of drug-likeness (QED) is 0.741. The van der Waals surface area contributed by atoms with Gasteiger partial charge in [0.05, 0.1) is 12.2 Å². The first-order chi connectivity index (χ1) is 9.08. The summed E-state index contributed by atoms with van der Waals surface area (Å²) >= 11 is 0. The first-order valence-corrected chi connectivity index (χ1v) is 5.74. The highest BCUT2D eigenvalue weighted by molar-refractivity contribution is 5.96. The van der Waals surface area contributed by atoms with Gasteiger partial charge in [0, 0.05) is 18.8 Å². The molecule has 1 aliphatic rings. The van der Waals surface area contributed by atoms with Crippen molar-refractivity contribution >= 4 is 17.6 Å². The highest BCUT2D eigenvalue weighted by atomic mass is 19.1. The van der Waals surface area contributed by atoms with Crippen LogP contribution < -0.4 is 10.6 Å². The lowest BCUT2D eigenvalue weighted by Gasteiger charge is -2.22. The van der Waals surface area contributed by atoms with Gasteiger partial charge in [-0.3, -0.25) is 4.79 Å². The van der Waals surface area contributed by atoms with E-state index in [4.69, 9.17) is 9.84 Å². The molecule has 102 valence electrons. The van der Waals surface area contributed by atoms with Crippen LogP contribution in [0.5, 0.6) is 0 Å². The number of anilines is 1. The van der Waals surface area contributed by atoms with Crippen LogP contribution in [0.1, 0.15) is 10.4 Å². The average molecular weight is 268 g/mol. The second kappa shape index (κ2) is 5.77. The zero-order valence-corrected chi connectivity index (χ0v) is 9.98. The van der Waals surface area contributed by atoms with Crippen LogP contribution in [0.2, 0.25) is 0 Å². The summed E-state index contributed by atoms with van der Waals surface area (Å²) in [6.07, 6.45) is -0.632.